The van der Waals surface area contributed by atoms with Gasteiger partial charge < -0.3 is 11.1 Å². The quantitative estimate of drug-likeness (QED) is 0.764. The summed E-state index contributed by atoms with van der Waals surface area (Å²) in [6.07, 6.45) is 5.25. The summed E-state index contributed by atoms with van der Waals surface area (Å²) in [4.78, 5) is 0. The Morgan fingerprint density at radius 1 is 1.44 bits per heavy atom. The van der Waals surface area contributed by atoms with Gasteiger partial charge in [0.1, 0.15) is 0 Å². The van der Waals surface area contributed by atoms with Crippen LogP contribution in [0.1, 0.15) is 32.6 Å². The molecule has 1 aromatic carbocycles. The van der Waals surface area contributed by atoms with E-state index in [0.29, 0.717) is 5.41 Å². The molecule has 3 N–H and O–H groups in total. The molecule has 1 fully saturated rings. The molecule has 16 heavy (non-hydrogen) atoms. The van der Waals surface area contributed by atoms with Crippen LogP contribution in [0.15, 0.2) is 18.2 Å². The summed E-state index contributed by atoms with van der Waals surface area (Å²) in [5.41, 5.74) is 8.17. The normalized spacial score (nSPS) is 17.1. The minimum atomic E-state index is 0.531. The molecule has 1 aromatic rings. The van der Waals surface area contributed by atoms with Crippen LogP contribution in [0.5, 0.6) is 0 Å². The van der Waals surface area contributed by atoms with Crippen molar-refractivity contribution in [3.8, 4) is 0 Å². The van der Waals surface area contributed by atoms with Gasteiger partial charge in [0.05, 0.1) is 11.4 Å². The second kappa shape index (κ2) is 4.54. The van der Waals surface area contributed by atoms with Gasteiger partial charge in [-0.15, -0.1) is 0 Å². The van der Waals surface area contributed by atoms with Crippen molar-refractivity contribution in [2.75, 3.05) is 17.6 Å². The van der Waals surface area contributed by atoms with Crippen LogP contribution in [0.3, 0.4) is 0 Å². The van der Waals surface area contributed by atoms with Crippen LogP contribution >= 0.6 is 11.6 Å². The van der Waals surface area contributed by atoms with Crippen molar-refractivity contribution >= 4 is 23.0 Å². The van der Waals surface area contributed by atoms with Gasteiger partial charge in [0, 0.05) is 11.6 Å². The molecule has 1 saturated carbocycles. The van der Waals surface area contributed by atoms with E-state index in [2.05, 4.69) is 12.2 Å². The molecule has 0 saturated heterocycles. The van der Waals surface area contributed by atoms with Crippen LogP contribution in [-0.4, -0.2) is 6.54 Å². The number of anilines is 2. The van der Waals surface area contributed by atoms with Gasteiger partial charge in [0.15, 0.2) is 0 Å². The van der Waals surface area contributed by atoms with E-state index in [1.54, 1.807) is 0 Å². The Balaban J connectivity index is 1.97. The van der Waals surface area contributed by atoms with Gasteiger partial charge >= 0.3 is 0 Å². The van der Waals surface area contributed by atoms with Crippen molar-refractivity contribution < 1.29 is 0 Å². The Kier molecular flexibility index (Phi) is 3.29. The predicted molar refractivity (Wildman–Crippen MR) is 70.9 cm³/mol. The van der Waals surface area contributed by atoms with E-state index < -0.39 is 0 Å². The summed E-state index contributed by atoms with van der Waals surface area (Å²) in [6, 6.07) is 5.57. The maximum Gasteiger partial charge on any atom is 0.0589 e. The van der Waals surface area contributed by atoms with Crippen LogP contribution < -0.4 is 11.1 Å². The molecule has 0 radical (unpaired) electrons. The van der Waals surface area contributed by atoms with Gasteiger partial charge in [-0.05, 0) is 42.9 Å². The average molecular weight is 239 g/mol. The molecule has 2 rings (SSSR count). The summed E-state index contributed by atoms with van der Waals surface area (Å²) < 4.78 is 0. The Bertz CT molecular complexity index is 372. The Hall–Kier alpha value is -0.890. The van der Waals surface area contributed by atoms with Gasteiger partial charge in [-0.1, -0.05) is 24.9 Å². The summed E-state index contributed by atoms with van der Waals surface area (Å²) in [7, 11) is 0. The molecular formula is C13H19ClN2. The second-order valence-electron chi connectivity index (χ2n) is 4.84. The van der Waals surface area contributed by atoms with E-state index in [1.807, 2.05) is 18.2 Å². The zero-order valence-electron chi connectivity index (χ0n) is 9.72. The largest absolute Gasteiger partial charge is 0.397 e. The fourth-order valence-electron chi connectivity index (χ4n) is 2.19. The third-order valence-corrected chi connectivity index (χ3v) is 3.64. The van der Waals surface area contributed by atoms with Gasteiger partial charge in [0.25, 0.3) is 0 Å². The number of nitrogens with two attached hydrogens (primary N) is 1. The molecular weight excluding hydrogens is 220 g/mol. The predicted octanol–water partition coefficient (Wildman–Crippen LogP) is 3.91. The van der Waals surface area contributed by atoms with Crippen molar-refractivity contribution in [2.24, 2.45) is 5.41 Å². The lowest BCUT2D eigenvalue weighted by Crippen LogP contribution is -2.15. The monoisotopic (exact) mass is 238 g/mol. The molecule has 1 aliphatic carbocycles. The van der Waals surface area contributed by atoms with E-state index >= 15 is 0 Å². The van der Waals surface area contributed by atoms with Crippen molar-refractivity contribution in [1.29, 1.82) is 0 Å². The van der Waals surface area contributed by atoms with E-state index in [-0.39, 0.29) is 0 Å². The van der Waals surface area contributed by atoms with Crippen molar-refractivity contribution in [1.82, 2.24) is 0 Å². The number of halogens is 1. The molecule has 2 nitrogen and oxygen atoms in total. The van der Waals surface area contributed by atoms with Crippen LogP contribution in [0.2, 0.25) is 5.02 Å². The van der Waals surface area contributed by atoms with Crippen LogP contribution in [0, 0.1) is 5.41 Å². The molecule has 0 atom stereocenters. The molecule has 88 valence electrons. The molecule has 3 heteroatoms. The van der Waals surface area contributed by atoms with Gasteiger partial charge in [0.2, 0.25) is 0 Å². The van der Waals surface area contributed by atoms with Crippen molar-refractivity contribution in [3.05, 3.63) is 23.2 Å². The lowest BCUT2D eigenvalue weighted by molar-refractivity contribution is 0.486. The highest BCUT2D eigenvalue weighted by atomic mass is 35.5. The number of hydrogen-bond acceptors (Lipinski definition) is 2. The first-order valence-corrected chi connectivity index (χ1v) is 6.32. The highest BCUT2D eigenvalue weighted by Crippen LogP contribution is 2.49. The number of nitrogen functional groups attached to an aromatic ring is 1. The molecule has 0 aromatic heterocycles. The van der Waals surface area contributed by atoms with Gasteiger partial charge in [-0.2, -0.15) is 0 Å². The van der Waals surface area contributed by atoms with Gasteiger partial charge in [-0.3, -0.25) is 0 Å². The smallest absolute Gasteiger partial charge is 0.0589 e. The maximum absolute atomic E-state index is 5.95. The number of benzene rings is 1. The first-order valence-electron chi connectivity index (χ1n) is 5.94. The number of nitrogens with one attached hydrogen (secondary N) is 1. The minimum absolute atomic E-state index is 0.531. The first kappa shape index (κ1) is 11.6. The minimum Gasteiger partial charge on any atom is -0.397 e. The summed E-state index contributed by atoms with van der Waals surface area (Å²) in [5.74, 6) is 0. The van der Waals surface area contributed by atoms with Crippen LogP contribution in [-0.2, 0) is 0 Å². The second-order valence-corrected chi connectivity index (χ2v) is 5.27. The average Bonchev–Trinajstić information content (AvgIpc) is 3.01. The van der Waals surface area contributed by atoms with Crippen molar-refractivity contribution in [3.63, 3.8) is 0 Å². The van der Waals surface area contributed by atoms with Crippen LogP contribution in [0.4, 0.5) is 11.4 Å². The molecule has 0 aliphatic heterocycles. The molecule has 0 bridgehead atoms. The highest BCUT2D eigenvalue weighted by Gasteiger charge is 2.41. The maximum atomic E-state index is 5.95. The third kappa shape index (κ3) is 2.62. The molecule has 0 spiro atoms. The third-order valence-electron chi connectivity index (χ3n) is 3.41. The summed E-state index contributed by atoms with van der Waals surface area (Å²) >= 11 is 5.95. The molecule has 0 unspecified atom stereocenters. The fourth-order valence-corrected chi connectivity index (χ4v) is 2.36. The fraction of sp³-hybridized carbons (Fsp3) is 0.538. The Morgan fingerprint density at radius 3 is 2.81 bits per heavy atom. The SMILES string of the molecule is CCCC1(CNc2cc(Cl)ccc2N)CC1. The lowest BCUT2D eigenvalue weighted by Gasteiger charge is -2.17. The van der Waals surface area contributed by atoms with Crippen molar-refractivity contribution in [2.45, 2.75) is 32.6 Å². The lowest BCUT2D eigenvalue weighted by atomic mass is 10.0. The van der Waals surface area contributed by atoms with E-state index in [1.165, 1.54) is 25.7 Å². The zero-order valence-corrected chi connectivity index (χ0v) is 10.5. The Morgan fingerprint density at radius 2 is 2.19 bits per heavy atom. The van der Waals surface area contributed by atoms with E-state index in [4.69, 9.17) is 17.3 Å². The first-order chi connectivity index (χ1) is 7.65. The standard InChI is InChI=1S/C13H19ClN2/c1-2-5-13(6-7-13)9-16-12-8-10(14)3-4-11(12)15/h3-4,8,16H,2,5-7,9,15H2,1H3. The molecule has 0 heterocycles. The summed E-state index contributed by atoms with van der Waals surface area (Å²) in [6.45, 7) is 3.26. The van der Waals surface area contributed by atoms with E-state index in [0.717, 1.165) is 22.9 Å². The summed E-state index contributed by atoms with van der Waals surface area (Å²) in [5, 5.41) is 4.17. The topological polar surface area (TPSA) is 38.0 Å². The Labute approximate surface area is 102 Å². The van der Waals surface area contributed by atoms with Gasteiger partial charge in [-0.25, -0.2) is 0 Å². The van der Waals surface area contributed by atoms with Crippen LogP contribution in [0.25, 0.3) is 0 Å². The van der Waals surface area contributed by atoms with E-state index in [9.17, 15) is 0 Å². The number of rotatable bonds is 5. The molecule has 1 aliphatic rings. The highest BCUT2D eigenvalue weighted by molar-refractivity contribution is 6.31. The zero-order chi connectivity index (χ0) is 11.6. The molecule has 0 amide bonds. The number of hydrogen-bond donors (Lipinski definition) is 2.